The fourth-order valence-electron chi connectivity index (χ4n) is 2.26. The molecule has 0 aliphatic heterocycles. The van der Waals surface area contributed by atoms with Crippen molar-refractivity contribution < 1.29 is 17.9 Å². The molecule has 1 atom stereocenters. The highest BCUT2D eigenvalue weighted by atomic mass is 32.2. The minimum Gasteiger partial charge on any atom is -0.494 e. The molecule has 0 aliphatic rings. The summed E-state index contributed by atoms with van der Waals surface area (Å²) in [5.74, 6) is 0.305. The smallest absolute Gasteiger partial charge is 0.265 e. The van der Waals surface area contributed by atoms with E-state index in [4.69, 9.17) is 4.74 Å². The van der Waals surface area contributed by atoms with Gasteiger partial charge in [0.15, 0.2) is 0 Å². The number of nitrogens with one attached hydrogen (secondary N) is 1. The molecular weight excluding hydrogens is 372 g/mol. The van der Waals surface area contributed by atoms with Gasteiger partial charge in [-0.15, -0.1) is 11.3 Å². The Kier molecular flexibility index (Phi) is 6.66. The van der Waals surface area contributed by atoms with Crippen LogP contribution in [0.3, 0.4) is 0 Å². The van der Waals surface area contributed by atoms with E-state index in [2.05, 4.69) is 5.32 Å². The number of carbonyl (C=O) groups is 1. The summed E-state index contributed by atoms with van der Waals surface area (Å²) in [6.45, 7) is 6.26. The topological polar surface area (TPSA) is 75.7 Å². The lowest BCUT2D eigenvalue weighted by molar-refractivity contribution is 0.0940. The first-order valence-corrected chi connectivity index (χ1v) is 10.7. The molecule has 1 heterocycles. The molecule has 0 radical (unpaired) electrons. The Balaban J connectivity index is 2.30. The van der Waals surface area contributed by atoms with Gasteiger partial charge < -0.3 is 10.1 Å². The zero-order chi connectivity index (χ0) is 19.3. The lowest BCUT2D eigenvalue weighted by Crippen LogP contribution is -2.33. The molecule has 0 spiro atoms. The van der Waals surface area contributed by atoms with Crippen LogP contribution < -0.4 is 14.4 Å². The Morgan fingerprint density at radius 2 is 1.88 bits per heavy atom. The molecule has 1 aromatic carbocycles. The Bertz CT molecular complexity index is 844. The molecule has 1 N–H and O–H groups in total. The summed E-state index contributed by atoms with van der Waals surface area (Å²) < 4.78 is 32.6. The van der Waals surface area contributed by atoms with Crippen LogP contribution in [0, 0.1) is 0 Å². The van der Waals surface area contributed by atoms with Crippen LogP contribution in [0.25, 0.3) is 0 Å². The average Bonchev–Trinajstić information content (AvgIpc) is 3.12. The first-order valence-electron chi connectivity index (χ1n) is 8.41. The highest BCUT2D eigenvalue weighted by molar-refractivity contribution is 7.93. The SMILES string of the molecule is CCOc1ccc(N(C)S(=O)(=O)c2ccsc2C(=O)N[C@@H](C)CC)cc1. The van der Waals surface area contributed by atoms with Crippen LogP contribution in [-0.2, 0) is 10.0 Å². The van der Waals surface area contributed by atoms with Crippen molar-refractivity contribution >= 4 is 33.0 Å². The minimum absolute atomic E-state index is 0.0136. The van der Waals surface area contributed by atoms with Crippen LogP contribution in [0.1, 0.15) is 36.9 Å². The molecule has 0 bridgehead atoms. The number of rotatable bonds is 8. The molecule has 0 fully saturated rings. The van der Waals surface area contributed by atoms with E-state index in [1.807, 2.05) is 20.8 Å². The van der Waals surface area contributed by atoms with Crippen LogP contribution in [0.4, 0.5) is 5.69 Å². The van der Waals surface area contributed by atoms with Gasteiger partial charge in [-0.3, -0.25) is 9.10 Å². The van der Waals surface area contributed by atoms with Crippen LogP contribution in [-0.4, -0.2) is 34.0 Å². The molecule has 8 heteroatoms. The van der Waals surface area contributed by atoms with Crippen molar-refractivity contribution in [3.63, 3.8) is 0 Å². The Morgan fingerprint density at radius 1 is 1.23 bits per heavy atom. The van der Waals surface area contributed by atoms with E-state index in [9.17, 15) is 13.2 Å². The zero-order valence-electron chi connectivity index (χ0n) is 15.4. The van der Waals surface area contributed by atoms with Gasteiger partial charge in [0.05, 0.1) is 12.3 Å². The maximum absolute atomic E-state index is 13.0. The van der Waals surface area contributed by atoms with Crippen molar-refractivity contribution in [2.75, 3.05) is 18.0 Å². The average molecular weight is 397 g/mol. The molecule has 1 aromatic heterocycles. The van der Waals surface area contributed by atoms with Gasteiger partial charge in [0.25, 0.3) is 15.9 Å². The highest BCUT2D eigenvalue weighted by Gasteiger charge is 2.28. The van der Waals surface area contributed by atoms with Crippen LogP contribution in [0.2, 0.25) is 0 Å². The Labute approximate surface area is 158 Å². The molecule has 142 valence electrons. The van der Waals surface area contributed by atoms with E-state index in [-0.39, 0.29) is 21.7 Å². The van der Waals surface area contributed by atoms with Crippen LogP contribution >= 0.6 is 11.3 Å². The van der Waals surface area contributed by atoms with E-state index in [0.29, 0.717) is 18.0 Å². The van der Waals surface area contributed by atoms with E-state index >= 15 is 0 Å². The summed E-state index contributed by atoms with van der Waals surface area (Å²) in [6.07, 6.45) is 0.769. The zero-order valence-corrected chi connectivity index (χ0v) is 17.0. The minimum atomic E-state index is -3.85. The quantitative estimate of drug-likeness (QED) is 0.741. The lowest BCUT2D eigenvalue weighted by atomic mass is 10.2. The van der Waals surface area contributed by atoms with Gasteiger partial charge in [0, 0.05) is 13.1 Å². The molecule has 0 unspecified atom stereocenters. The predicted molar refractivity (Wildman–Crippen MR) is 105 cm³/mol. The number of benzene rings is 1. The predicted octanol–water partition coefficient (Wildman–Crippen LogP) is 3.50. The molecule has 0 aliphatic carbocycles. The van der Waals surface area contributed by atoms with Gasteiger partial charge in [0.2, 0.25) is 0 Å². The van der Waals surface area contributed by atoms with E-state index < -0.39 is 10.0 Å². The maximum Gasteiger partial charge on any atom is 0.265 e. The number of hydrogen-bond donors (Lipinski definition) is 1. The third-order valence-electron chi connectivity index (χ3n) is 3.97. The summed E-state index contributed by atoms with van der Waals surface area (Å²) in [5, 5.41) is 4.43. The molecule has 2 aromatic rings. The first-order chi connectivity index (χ1) is 12.3. The summed E-state index contributed by atoms with van der Waals surface area (Å²) in [6, 6.07) is 8.23. The van der Waals surface area contributed by atoms with Gasteiger partial charge in [-0.25, -0.2) is 8.42 Å². The van der Waals surface area contributed by atoms with Crippen molar-refractivity contribution in [3.05, 3.63) is 40.6 Å². The fraction of sp³-hybridized carbons (Fsp3) is 0.389. The first kappa shape index (κ1) is 20.3. The number of anilines is 1. The second-order valence-corrected chi connectivity index (χ2v) is 8.65. The van der Waals surface area contributed by atoms with Gasteiger partial charge in [-0.1, -0.05) is 6.92 Å². The van der Waals surface area contributed by atoms with Crippen molar-refractivity contribution in [1.82, 2.24) is 5.32 Å². The summed E-state index contributed by atoms with van der Waals surface area (Å²) >= 11 is 1.12. The monoisotopic (exact) mass is 396 g/mol. The molecule has 26 heavy (non-hydrogen) atoms. The second kappa shape index (κ2) is 8.55. The number of ether oxygens (including phenoxy) is 1. The molecule has 1 amide bonds. The third-order valence-corrected chi connectivity index (χ3v) is 6.85. The molecule has 0 saturated carbocycles. The van der Waals surface area contributed by atoms with E-state index in [1.54, 1.807) is 29.6 Å². The van der Waals surface area contributed by atoms with Gasteiger partial charge in [-0.05, 0) is 56.0 Å². The van der Waals surface area contributed by atoms with Crippen molar-refractivity contribution in [2.24, 2.45) is 0 Å². The van der Waals surface area contributed by atoms with Crippen LogP contribution in [0.5, 0.6) is 5.75 Å². The highest BCUT2D eigenvalue weighted by Crippen LogP contribution is 2.29. The standard InChI is InChI=1S/C18H24N2O4S2/c1-5-13(3)19-18(21)17-16(11-12-25-17)26(22,23)20(4)14-7-9-15(10-8-14)24-6-2/h7-13H,5-6H2,1-4H3,(H,19,21)/t13-/m0/s1. The lowest BCUT2D eigenvalue weighted by Gasteiger charge is -2.20. The number of thiophene rings is 1. The van der Waals surface area contributed by atoms with Crippen LogP contribution in [0.15, 0.2) is 40.6 Å². The van der Waals surface area contributed by atoms with Gasteiger partial charge in [0.1, 0.15) is 15.5 Å². The normalized spacial score (nSPS) is 12.5. The van der Waals surface area contributed by atoms with E-state index in [1.165, 1.54) is 17.4 Å². The molecule has 6 nitrogen and oxygen atoms in total. The van der Waals surface area contributed by atoms with Gasteiger partial charge in [-0.2, -0.15) is 0 Å². The number of nitrogens with zero attached hydrogens (tertiary/aromatic N) is 1. The van der Waals surface area contributed by atoms with E-state index in [0.717, 1.165) is 17.8 Å². The number of amides is 1. The number of hydrogen-bond acceptors (Lipinski definition) is 5. The van der Waals surface area contributed by atoms with Crippen molar-refractivity contribution in [3.8, 4) is 5.75 Å². The number of carbonyl (C=O) groups excluding carboxylic acids is 1. The van der Waals surface area contributed by atoms with Crippen molar-refractivity contribution in [2.45, 2.75) is 38.1 Å². The van der Waals surface area contributed by atoms with Gasteiger partial charge >= 0.3 is 0 Å². The Morgan fingerprint density at radius 3 is 2.46 bits per heavy atom. The molecule has 2 rings (SSSR count). The maximum atomic E-state index is 13.0. The fourth-order valence-corrected chi connectivity index (χ4v) is 4.76. The second-order valence-electron chi connectivity index (χ2n) is 5.80. The molecular formula is C18H24N2O4S2. The summed E-state index contributed by atoms with van der Waals surface area (Å²) in [5.41, 5.74) is 0.493. The van der Waals surface area contributed by atoms with Crippen molar-refractivity contribution in [1.29, 1.82) is 0 Å². The summed E-state index contributed by atoms with van der Waals surface area (Å²) in [4.78, 5) is 12.6. The summed E-state index contributed by atoms with van der Waals surface area (Å²) in [7, 11) is -2.38. The molecule has 0 saturated heterocycles. The Hall–Kier alpha value is -2.06. The largest absolute Gasteiger partial charge is 0.494 e. The number of sulfonamides is 1. The third kappa shape index (κ3) is 4.37.